The summed E-state index contributed by atoms with van der Waals surface area (Å²) in [5, 5.41) is 5.17. The lowest BCUT2D eigenvalue weighted by Gasteiger charge is -2.06. The van der Waals surface area contributed by atoms with Crippen LogP contribution in [0.3, 0.4) is 0 Å². The standard InChI is InChI=1S/C13H22N2O5/c1-4-14-13(18)15-8-5-9-19-11(16)6-7-12(17)20-10(2)3/h6-7,10H,4-5,8-9H2,1-3H3,(H2,14,15,18)/b7-6+. The summed E-state index contributed by atoms with van der Waals surface area (Å²) >= 11 is 0. The van der Waals surface area contributed by atoms with Gasteiger partial charge in [-0.15, -0.1) is 0 Å². The summed E-state index contributed by atoms with van der Waals surface area (Å²) in [7, 11) is 0. The van der Waals surface area contributed by atoms with Crippen LogP contribution < -0.4 is 10.6 Å². The van der Waals surface area contributed by atoms with Gasteiger partial charge < -0.3 is 20.1 Å². The molecule has 0 atom stereocenters. The Labute approximate surface area is 118 Å². The van der Waals surface area contributed by atoms with Gasteiger partial charge in [0, 0.05) is 25.2 Å². The molecule has 2 N–H and O–H groups in total. The molecule has 0 aliphatic heterocycles. The Hall–Kier alpha value is -2.05. The second-order valence-electron chi connectivity index (χ2n) is 4.13. The molecule has 0 aliphatic rings. The summed E-state index contributed by atoms with van der Waals surface area (Å²) in [6.07, 6.45) is 2.30. The van der Waals surface area contributed by atoms with Gasteiger partial charge in [0.1, 0.15) is 0 Å². The Morgan fingerprint density at radius 1 is 1.10 bits per heavy atom. The number of ether oxygens (including phenoxy) is 2. The van der Waals surface area contributed by atoms with Gasteiger partial charge in [0.05, 0.1) is 12.7 Å². The monoisotopic (exact) mass is 286 g/mol. The van der Waals surface area contributed by atoms with Gasteiger partial charge in [-0.2, -0.15) is 0 Å². The molecular formula is C13H22N2O5. The third-order valence-electron chi connectivity index (χ3n) is 1.90. The Morgan fingerprint density at radius 2 is 1.75 bits per heavy atom. The van der Waals surface area contributed by atoms with Gasteiger partial charge >= 0.3 is 18.0 Å². The molecule has 0 aromatic heterocycles. The SMILES string of the molecule is CCNC(=O)NCCCOC(=O)/C=C/C(=O)OC(C)C. The summed E-state index contributed by atoms with van der Waals surface area (Å²) in [4.78, 5) is 33.3. The van der Waals surface area contributed by atoms with Crippen LogP contribution in [0.5, 0.6) is 0 Å². The zero-order valence-electron chi connectivity index (χ0n) is 12.1. The average molecular weight is 286 g/mol. The van der Waals surface area contributed by atoms with Crippen LogP contribution in [-0.4, -0.2) is 43.8 Å². The van der Waals surface area contributed by atoms with Crippen molar-refractivity contribution in [3.8, 4) is 0 Å². The first-order valence-corrected chi connectivity index (χ1v) is 6.52. The van der Waals surface area contributed by atoms with E-state index in [9.17, 15) is 14.4 Å². The normalized spacial score (nSPS) is 10.4. The van der Waals surface area contributed by atoms with Gasteiger partial charge in [0.2, 0.25) is 0 Å². The van der Waals surface area contributed by atoms with Gasteiger partial charge in [0.25, 0.3) is 0 Å². The molecule has 114 valence electrons. The third-order valence-corrected chi connectivity index (χ3v) is 1.90. The zero-order chi connectivity index (χ0) is 15.4. The minimum atomic E-state index is -0.622. The molecule has 7 heteroatoms. The highest BCUT2D eigenvalue weighted by atomic mass is 16.5. The molecule has 0 saturated carbocycles. The molecule has 0 aromatic carbocycles. The summed E-state index contributed by atoms with van der Waals surface area (Å²) in [6, 6.07) is -0.254. The van der Waals surface area contributed by atoms with E-state index in [4.69, 9.17) is 9.47 Å². The summed E-state index contributed by atoms with van der Waals surface area (Å²) < 4.78 is 9.64. The van der Waals surface area contributed by atoms with Crippen LogP contribution in [-0.2, 0) is 19.1 Å². The highest BCUT2D eigenvalue weighted by Crippen LogP contribution is 1.91. The van der Waals surface area contributed by atoms with E-state index in [1.54, 1.807) is 13.8 Å². The maximum Gasteiger partial charge on any atom is 0.331 e. The topological polar surface area (TPSA) is 93.7 Å². The molecule has 0 bridgehead atoms. The van der Waals surface area contributed by atoms with E-state index in [2.05, 4.69) is 10.6 Å². The summed E-state index contributed by atoms with van der Waals surface area (Å²) in [5.41, 5.74) is 0. The molecule has 0 unspecified atom stereocenters. The minimum Gasteiger partial charge on any atom is -0.462 e. The lowest BCUT2D eigenvalue weighted by Crippen LogP contribution is -2.36. The van der Waals surface area contributed by atoms with E-state index in [1.165, 1.54) is 0 Å². The Kier molecular flexibility index (Phi) is 9.72. The number of rotatable bonds is 8. The summed E-state index contributed by atoms with van der Waals surface area (Å²) in [5.74, 6) is -1.21. The Morgan fingerprint density at radius 3 is 2.35 bits per heavy atom. The van der Waals surface area contributed by atoms with Gasteiger partial charge in [-0.3, -0.25) is 0 Å². The van der Waals surface area contributed by atoms with E-state index in [1.807, 2.05) is 6.92 Å². The number of carbonyl (C=O) groups excluding carboxylic acids is 3. The van der Waals surface area contributed by atoms with E-state index in [0.29, 0.717) is 19.5 Å². The number of hydrogen-bond acceptors (Lipinski definition) is 5. The maximum absolute atomic E-state index is 11.2. The zero-order valence-corrected chi connectivity index (χ0v) is 12.1. The maximum atomic E-state index is 11.2. The van der Waals surface area contributed by atoms with Crippen molar-refractivity contribution in [2.75, 3.05) is 19.7 Å². The fourth-order valence-corrected chi connectivity index (χ4v) is 1.13. The third kappa shape index (κ3) is 11.1. The van der Waals surface area contributed by atoms with Crippen molar-refractivity contribution in [2.45, 2.75) is 33.3 Å². The van der Waals surface area contributed by atoms with Crippen molar-refractivity contribution in [1.82, 2.24) is 10.6 Å². The number of carbonyl (C=O) groups is 3. The molecule has 0 rings (SSSR count). The first-order valence-electron chi connectivity index (χ1n) is 6.52. The van der Waals surface area contributed by atoms with Gasteiger partial charge in [-0.25, -0.2) is 14.4 Å². The highest BCUT2D eigenvalue weighted by Gasteiger charge is 2.03. The first-order chi connectivity index (χ1) is 9.45. The quantitative estimate of drug-likeness (QED) is 0.390. The van der Waals surface area contributed by atoms with E-state index in [-0.39, 0.29) is 18.7 Å². The van der Waals surface area contributed by atoms with Gasteiger partial charge in [-0.1, -0.05) is 0 Å². The Bertz CT molecular complexity index is 353. The van der Waals surface area contributed by atoms with Crippen molar-refractivity contribution in [3.63, 3.8) is 0 Å². The number of esters is 2. The molecule has 0 aromatic rings. The molecule has 7 nitrogen and oxygen atoms in total. The predicted molar refractivity (Wildman–Crippen MR) is 73.0 cm³/mol. The molecule has 0 saturated heterocycles. The van der Waals surface area contributed by atoms with Crippen LogP contribution in [0.1, 0.15) is 27.2 Å². The molecule has 20 heavy (non-hydrogen) atoms. The van der Waals surface area contributed by atoms with E-state index < -0.39 is 11.9 Å². The van der Waals surface area contributed by atoms with Gasteiger partial charge in [-0.05, 0) is 27.2 Å². The van der Waals surface area contributed by atoms with Crippen LogP contribution >= 0.6 is 0 Å². The average Bonchev–Trinajstić information content (AvgIpc) is 2.35. The van der Waals surface area contributed by atoms with Crippen molar-refractivity contribution < 1.29 is 23.9 Å². The van der Waals surface area contributed by atoms with Gasteiger partial charge in [0.15, 0.2) is 0 Å². The Balaban J connectivity index is 3.66. The lowest BCUT2D eigenvalue weighted by molar-refractivity contribution is -0.142. The van der Waals surface area contributed by atoms with Crippen LogP contribution in [0.2, 0.25) is 0 Å². The molecule has 0 spiro atoms. The second-order valence-corrected chi connectivity index (χ2v) is 4.13. The number of amides is 2. The number of hydrogen-bond donors (Lipinski definition) is 2. The predicted octanol–water partition coefficient (Wildman–Crippen LogP) is 0.747. The van der Waals surface area contributed by atoms with E-state index >= 15 is 0 Å². The molecule has 0 fully saturated rings. The van der Waals surface area contributed by atoms with E-state index in [0.717, 1.165) is 12.2 Å². The smallest absolute Gasteiger partial charge is 0.331 e. The molecule has 2 amide bonds. The lowest BCUT2D eigenvalue weighted by atomic mass is 10.4. The minimum absolute atomic E-state index is 0.162. The number of urea groups is 1. The fraction of sp³-hybridized carbons (Fsp3) is 0.615. The first kappa shape index (κ1) is 17.9. The molecule has 0 aliphatic carbocycles. The van der Waals surface area contributed by atoms with Crippen molar-refractivity contribution in [3.05, 3.63) is 12.2 Å². The van der Waals surface area contributed by atoms with Crippen molar-refractivity contribution >= 4 is 18.0 Å². The summed E-state index contributed by atoms with van der Waals surface area (Å²) in [6.45, 7) is 6.36. The van der Waals surface area contributed by atoms with Crippen LogP contribution in [0.4, 0.5) is 4.79 Å². The molecule has 0 radical (unpaired) electrons. The van der Waals surface area contributed by atoms with Crippen LogP contribution in [0.25, 0.3) is 0 Å². The molecule has 0 heterocycles. The van der Waals surface area contributed by atoms with Crippen LogP contribution in [0.15, 0.2) is 12.2 Å². The number of nitrogens with one attached hydrogen (secondary N) is 2. The van der Waals surface area contributed by atoms with Crippen molar-refractivity contribution in [1.29, 1.82) is 0 Å². The fourth-order valence-electron chi connectivity index (χ4n) is 1.13. The second kappa shape index (κ2) is 10.8. The largest absolute Gasteiger partial charge is 0.462 e. The highest BCUT2D eigenvalue weighted by molar-refractivity contribution is 5.91. The molecular weight excluding hydrogens is 264 g/mol. The van der Waals surface area contributed by atoms with Crippen LogP contribution in [0, 0.1) is 0 Å². The van der Waals surface area contributed by atoms with Crippen molar-refractivity contribution in [2.24, 2.45) is 0 Å².